The van der Waals surface area contributed by atoms with Crippen molar-refractivity contribution in [1.82, 2.24) is 0 Å². The molecule has 2 nitrogen and oxygen atoms in total. The van der Waals surface area contributed by atoms with Crippen molar-refractivity contribution >= 4 is 23.0 Å². The normalized spacial score (nSPS) is 14.3. The van der Waals surface area contributed by atoms with Gasteiger partial charge in [-0.05, 0) is 0 Å². The van der Waals surface area contributed by atoms with E-state index in [4.69, 9.17) is 0 Å². The summed E-state index contributed by atoms with van der Waals surface area (Å²) in [5.74, 6) is 0. The van der Waals surface area contributed by atoms with Crippen LogP contribution >= 0.6 is 7.06 Å². The van der Waals surface area contributed by atoms with Crippen LogP contribution in [0.2, 0.25) is 0 Å². The molecule has 0 bridgehead atoms. The molecule has 230 valence electrons. The maximum absolute atomic E-state index is 13.5. The Labute approximate surface area is 261 Å². The van der Waals surface area contributed by atoms with Crippen LogP contribution in [0.4, 0.5) is 0 Å². The topological polar surface area (TPSA) is 40.5 Å². The molecule has 0 atom stereocenters. The van der Waals surface area contributed by atoms with Crippen molar-refractivity contribution in [2.45, 2.75) is 105 Å². The first-order valence-electron chi connectivity index (χ1n) is 15.5. The van der Waals surface area contributed by atoms with Crippen LogP contribution in [0.15, 0.2) is 91.0 Å². The molecule has 0 aliphatic carbocycles. The van der Waals surface area contributed by atoms with Crippen LogP contribution in [0.3, 0.4) is 0 Å². The fourth-order valence-corrected chi connectivity index (χ4v) is 9.81. The van der Waals surface area contributed by atoms with Crippen molar-refractivity contribution in [3.63, 3.8) is 0 Å². The summed E-state index contributed by atoms with van der Waals surface area (Å²) in [5.41, 5.74) is 5.90. The van der Waals surface area contributed by atoms with E-state index in [9.17, 15) is 9.79 Å². The second-order valence-electron chi connectivity index (χ2n) is 16.4. The van der Waals surface area contributed by atoms with E-state index >= 15 is 0 Å². The van der Waals surface area contributed by atoms with E-state index in [2.05, 4.69) is 119 Å². The Morgan fingerprint density at radius 2 is 0.884 bits per heavy atom. The predicted octanol–water partition coefficient (Wildman–Crippen LogP) is 9.19. The van der Waals surface area contributed by atoms with E-state index in [1.54, 1.807) is 0 Å². The van der Waals surface area contributed by atoms with Crippen molar-refractivity contribution in [2.75, 3.05) is 0 Å². The van der Waals surface area contributed by atoms with Crippen LogP contribution in [0.1, 0.15) is 105 Å². The molecule has 0 saturated carbocycles. The van der Waals surface area contributed by atoms with Crippen LogP contribution in [-0.2, 0) is 21.7 Å². The van der Waals surface area contributed by atoms with Gasteiger partial charge >= 0.3 is 262 Å². The Hall–Kier alpha value is -2.77. The van der Waals surface area contributed by atoms with Gasteiger partial charge in [0.1, 0.15) is 0 Å². The molecular formula is C40H53O2P. The summed E-state index contributed by atoms with van der Waals surface area (Å²) in [6.07, 6.45) is 0. The zero-order valence-electron chi connectivity index (χ0n) is 28.5. The molecule has 0 amide bonds. The minimum absolute atomic E-state index is 0.00827. The van der Waals surface area contributed by atoms with Crippen molar-refractivity contribution in [2.24, 2.45) is 0 Å². The predicted molar refractivity (Wildman–Crippen MR) is 190 cm³/mol. The van der Waals surface area contributed by atoms with E-state index in [0.29, 0.717) is 15.9 Å². The van der Waals surface area contributed by atoms with Gasteiger partial charge in [0, 0.05) is 0 Å². The van der Waals surface area contributed by atoms with Gasteiger partial charge in [-0.15, -0.1) is 0 Å². The molecule has 0 aliphatic heterocycles. The van der Waals surface area contributed by atoms with Gasteiger partial charge in [-0.3, -0.25) is 0 Å². The van der Waals surface area contributed by atoms with E-state index < -0.39 is 7.06 Å². The second-order valence-corrected chi connectivity index (χ2v) is 19.9. The Bertz CT molecular complexity index is 1620. The quantitative estimate of drug-likeness (QED) is 0.231. The van der Waals surface area contributed by atoms with Crippen LogP contribution < -0.4 is 15.9 Å². The van der Waals surface area contributed by atoms with Gasteiger partial charge in [-0.1, -0.05) is 0 Å². The Kier molecular flexibility index (Phi) is 8.24. The molecule has 0 fully saturated rings. The molecule has 0 radical (unpaired) electrons. The zero-order valence-corrected chi connectivity index (χ0v) is 29.4. The molecule has 0 unspecified atom stereocenters. The monoisotopic (exact) mass is 596 g/mol. The standard InChI is InChI=1S/C40H53O2P/c1-37(2,3)28-22-24-31(33(26-28)39(7,8)9)32-20-16-17-21-35(32)43(41,42,30-18-14-13-15-19-30)36-25-23-29(38(4,5)6)27-34(36)40(10,11)12/h13-27,41-42H,1-12H3. The Morgan fingerprint density at radius 1 is 0.419 bits per heavy atom. The molecule has 0 aromatic heterocycles. The SMILES string of the molecule is CC(C)(C)c1ccc(-c2ccccc2P(O)(O)(c2ccccc2)c2ccc(C(C)(C)C)cc2C(C)(C)C)c(C(C)(C)C)c1. The fraction of sp³-hybridized carbons (Fsp3) is 0.400. The Balaban J connectivity index is 2.20. The molecule has 3 heteroatoms. The number of benzene rings is 4. The molecule has 0 heterocycles. The molecular weight excluding hydrogens is 543 g/mol. The summed E-state index contributed by atoms with van der Waals surface area (Å²) in [7, 11) is -5.00. The molecule has 0 spiro atoms. The Morgan fingerprint density at radius 3 is 1.40 bits per heavy atom. The average molecular weight is 597 g/mol. The average Bonchev–Trinajstić information content (AvgIpc) is 2.91. The first-order chi connectivity index (χ1) is 19.6. The summed E-state index contributed by atoms with van der Waals surface area (Å²) in [5, 5.41) is 1.72. The summed E-state index contributed by atoms with van der Waals surface area (Å²) in [6.45, 7) is 26.5. The molecule has 2 N–H and O–H groups in total. The van der Waals surface area contributed by atoms with Crippen LogP contribution in [-0.4, -0.2) is 9.79 Å². The molecule has 43 heavy (non-hydrogen) atoms. The summed E-state index contributed by atoms with van der Waals surface area (Å²) in [4.78, 5) is 27.1. The van der Waals surface area contributed by atoms with Crippen LogP contribution in [0.5, 0.6) is 0 Å². The van der Waals surface area contributed by atoms with Crippen molar-refractivity contribution in [1.29, 1.82) is 0 Å². The van der Waals surface area contributed by atoms with Crippen LogP contribution in [0.25, 0.3) is 11.1 Å². The number of hydrogen-bond donors (Lipinski definition) is 2. The first-order valence-corrected chi connectivity index (χ1v) is 17.7. The van der Waals surface area contributed by atoms with Gasteiger partial charge in [-0.25, -0.2) is 0 Å². The van der Waals surface area contributed by atoms with Gasteiger partial charge in [0.15, 0.2) is 0 Å². The van der Waals surface area contributed by atoms with Gasteiger partial charge in [-0.2, -0.15) is 0 Å². The molecule has 4 aromatic rings. The van der Waals surface area contributed by atoms with Gasteiger partial charge in [0.05, 0.1) is 0 Å². The van der Waals surface area contributed by atoms with Crippen molar-refractivity contribution < 1.29 is 9.79 Å². The second kappa shape index (κ2) is 10.7. The maximum atomic E-state index is 13.5. The van der Waals surface area contributed by atoms with E-state index in [-0.39, 0.29) is 21.7 Å². The van der Waals surface area contributed by atoms with Crippen molar-refractivity contribution in [3.8, 4) is 11.1 Å². The molecule has 4 aromatic carbocycles. The van der Waals surface area contributed by atoms with E-state index in [1.807, 2.05) is 54.6 Å². The molecule has 0 saturated heterocycles. The third-order valence-corrected chi connectivity index (χ3v) is 12.6. The van der Waals surface area contributed by atoms with E-state index in [1.165, 1.54) is 16.7 Å². The first kappa shape index (κ1) is 33.1. The number of hydrogen-bond acceptors (Lipinski definition) is 2. The summed E-state index contributed by atoms with van der Waals surface area (Å²) in [6, 6.07) is 30.5. The minimum atomic E-state index is -5.00. The third-order valence-electron chi connectivity index (χ3n) is 8.72. The van der Waals surface area contributed by atoms with Gasteiger partial charge in [0.25, 0.3) is 0 Å². The molecule has 0 aliphatic rings. The fourth-order valence-electron chi connectivity index (χ4n) is 6.03. The summed E-state index contributed by atoms with van der Waals surface area (Å²) < 4.78 is 0. The van der Waals surface area contributed by atoms with E-state index in [0.717, 1.165) is 16.7 Å². The van der Waals surface area contributed by atoms with Gasteiger partial charge in [0.2, 0.25) is 0 Å². The molecule has 4 rings (SSSR count). The number of rotatable bonds is 4. The third kappa shape index (κ3) is 6.12. The summed E-state index contributed by atoms with van der Waals surface area (Å²) >= 11 is 0. The zero-order chi connectivity index (χ0) is 32.2. The van der Waals surface area contributed by atoms with Crippen molar-refractivity contribution in [3.05, 3.63) is 113 Å². The van der Waals surface area contributed by atoms with Crippen LogP contribution in [0, 0.1) is 0 Å². The van der Waals surface area contributed by atoms with Gasteiger partial charge < -0.3 is 0 Å².